The molecule has 5 rings (SSSR count). The summed E-state index contributed by atoms with van der Waals surface area (Å²) in [6.07, 6.45) is 2.95. The minimum Gasteiger partial charge on any atom is -0.490 e. The number of aromatic nitrogens is 2. The summed E-state index contributed by atoms with van der Waals surface area (Å²) in [5, 5.41) is 0. The molecule has 1 amide bonds. The zero-order valence-corrected chi connectivity index (χ0v) is 22.6. The summed E-state index contributed by atoms with van der Waals surface area (Å²) in [5.74, 6) is -0.961. The quantitative estimate of drug-likeness (QED) is 0.414. The van der Waals surface area contributed by atoms with Crippen LogP contribution in [0.2, 0.25) is 0 Å². The number of rotatable bonds is 9. The smallest absolute Gasteiger partial charge is 0.303 e. The molecule has 14 heteroatoms. The number of amides is 1. The number of ether oxygens (including phenoxy) is 2. The normalized spacial score (nSPS) is 20.4. The van der Waals surface area contributed by atoms with E-state index in [1.165, 1.54) is 22.7 Å². The topological polar surface area (TPSA) is 105 Å². The molecule has 4 heterocycles. The number of benzene rings is 1. The van der Waals surface area contributed by atoms with E-state index in [-0.39, 0.29) is 24.8 Å². The first-order valence-electron chi connectivity index (χ1n) is 12.9. The summed E-state index contributed by atoms with van der Waals surface area (Å²) in [4.78, 5) is 18.8. The second-order valence-corrected chi connectivity index (χ2v) is 11.6. The van der Waals surface area contributed by atoms with Crippen LogP contribution in [0.1, 0.15) is 41.4 Å². The van der Waals surface area contributed by atoms with E-state index in [0.29, 0.717) is 53.0 Å². The molecule has 2 aromatic heterocycles. The lowest BCUT2D eigenvalue weighted by molar-refractivity contribution is 0.0250. The summed E-state index contributed by atoms with van der Waals surface area (Å²) in [6.45, 7) is -0.178. The van der Waals surface area contributed by atoms with Crippen LogP contribution in [0.25, 0.3) is 5.65 Å². The first-order valence-corrected chi connectivity index (χ1v) is 14.4. The molecule has 2 fully saturated rings. The Hall–Kier alpha value is -3.36. The van der Waals surface area contributed by atoms with Crippen LogP contribution in [0.4, 0.5) is 18.9 Å². The van der Waals surface area contributed by atoms with Crippen LogP contribution in [0.5, 0.6) is 5.75 Å². The number of halogens is 3. The average Bonchev–Trinajstić information content (AvgIpc) is 3.53. The van der Waals surface area contributed by atoms with Crippen LogP contribution in [-0.4, -0.2) is 80.3 Å². The van der Waals surface area contributed by atoms with E-state index in [4.69, 9.17) is 9.47 Å². The first kappa shape index (κ1) is 28.2. The van der Waals surface area contributed by atoms with Gasteiger partial charge in [-0.3, -0.25) is 9.20 Å². The van der Waals surface area contributed by atoms with Crippen molar-refractivity contribution in [3.05, 3.63) is 59.8 Å². The summed E-state index contributed by atoms with van der Waals surface area (Å²) >= 11 is 0. The third kappa shape index (κ3) is 5.88. The molecule has 0 saturated carbocycles. The minimum atomic E-state index is -4.28. The van der Waals surface area contributed by atoms with E-state index in [9.17, 15) is 26.4 Å². The van der Waals surface area contributed by atoms with Crippen LogP contribution in [0.3, 0.4) is 0 Å². The van der Waals surface area contributed by atoms with E-state index < -0.39 is 47.4 Å². The molecule has 0 bridgehead atoms. The second-order valence-electron chi connectivity index (χ2n) is 9.82. The highest BCUT2D eigenvalue weighted by atomic mass is 32.2. The molecule has 2 saturated heterocycles. The van der Waals surface area contributed by atoms with Crippen molar-refractivity contribution in [3.8, 4) is 5.75 Å². The Bertz CT molecular complexity index is 1480. The molecular formula is C26H30F3N5O5S. The fourth-order valence-corrected chi connectivity index (χ4v) is 5.82. The Kier molecular flexibility index (Phi) is 8.19. The number of fused-ring (bicyclic) bond motifs is 1. The number of anilines is 1. The third-order valence-corrected chi connectivity index (χ3v) is 8.58. The highest BCUT2D eigenvalue weighted by Crippen LogP contribution is 2.42. The van der Waals surface area contributed by atoms with Crippen molar-refractivity contribution in [1.82, 2.24) is 18.4 Å². The van der Waals surface area contributed by atoms with Gasteiger partial charge >= 0.3 is 10.2 Å². The largest absolute Gasteiger partial charge is 0.490 e. The fraction of sp³-hybridized carbons (Fsp3) is 0.462. The van der Waals surface area contributed by atoms with Crippen LogP contribution >= 0.6 is 0 Å². The average molecular weight is 582 g/mol. The molecule has 0 aliphatic carbocycles. The molecule has 3 aromatic rings. The van der Waals surface area contributed by atoms with Crippen LogP contribution in [0, 0.1) is 5.82 Å². The standard InChI is InChI=1S/C26H30F3N5O5S/c1-32(9-8-27)40(36,37)31-26(35)23-14-30-25-5-3-19(16-34(23)25)33-15-18(29)13-22(33)21-12-17(28)2-4-24(21)39-20-6-10-38-11-7-20/h2-5,12,14,16,18,20,22H,6-11,13,15H2,1H3,(H,31,35). The van der Waals surface area contributed by atoms with Gasteiger partial charge in [0.05, 0.1) is 31.1 Å². The summed E-state index contributed by atoms with van der Waals surface area (Å²) in [6, 6.07) is 6.99. The molecule has 2 aliphatic heterocycles. The van der Waals surface area contributed by atoms with Crippen LogP contribution in [-0.2, 0) is 14.9 Å². The Labute approximate surface area is 229 Å². The number of nitrogens with one attached hydrogen (secondary N) is 1. The van der Waals surface area contributed by atoms with Gasteiger partial charge in [-0.2, -0.15) is 12.7 Å². The highest BCUT2D eigenvalue weighted by molar-refractivity contribution is 7.87. The molecule has 2 atom stereocenters. The lowest BCUT2D eigenvalue weighted by Crippen LogP contribution is -2.42. The van der Waals surface area contributed by atoms with Gasteiger partial charge in [0.1, 0.15) is 41.9 Å². The number of hydrogen-bond donors (Lipinski definition) is 1. The van der Waals surface area contributed by atoms with Gasteiger partial charge in [-0.25, -0.2) is 22.9 Å². The SMILES string of the molecule is CN(CCF)S(=O)(=O)NC(=O)c1cnc2ccc(N3CC(F)CC3c3cc(F)ccc3OC3CCOCC3)cn12. The fourth-order valence-electron chi connectivity index (χ4n) is 5.02. The predicted molar refractivity (Wildman–Crippen MR) is 141 cm³/mol. The lowest BCUT2D eigenvalue weighted by Gasteiger charge is -2.30. The highest BCUT2D eigenvalue weighted by Gasteiger charge is 2.36. The lowest BCUT2D eigenvalue weighted by atomic mass is 10.0. The van der Waals surface area contributed by atoms with Crippen molar-refractivity contribution in [3.63, 3.8) is 0 Å². The molecular weight excluding hydrogens is 551 g/mol. The zero-order valence-electron chi connectivity index (χ0n) is 21.8. The van der Waals surface area contributed by atoms with Crippen LogP contribution in [0.15, 0.2) is 42.7 Å². The van der Waals surface area contributed by atoms with Crippen molar-refractivity contribution < 1.29 is 35.9 Å². The molecule has 0 radical (unpaired) electrons. The van der Waals surface area contributed by atoms with E-state index in [1.54, 1.807) is 29.3 Å². The van der Waals surface area contributed by atoms with Crippen molar-refractivity contribution in [2.75, 3.05) is 44.9 Å². The maximum atomic E-state index is 14.9. The maximum Gasteiger partial charge on any atom is 0.303 e. The maximum absolute atomic E-state index is 14.9. The Balaban J connectivity index is 1.45. The van der Waals surface area contributed by atoms with Crippen molar-refractivity contribution in [1.29, 1.82) is 0 Å². The summed E-state index contributed by atoms with van der Waals surface area (Å²) in [5.41, 5.74) is 1.29. The van der Waals surface area contributed by atoms with E-state index in [2.05, 4.69) is 4.98 Å². The van der Waals surface area contributed by atoms with Gasteiger partial charge in [0.15, 0.2) is 0 Å². The summed E-state index contributed by atoms with van der Waals surface area (Å²) < 4.78 is 82.3. The number of hydrogen-bond acceptors (Lipinski definition) is 7. The second kappa shape index (κ2) is 11.6. The number of alkyl halides is 2. The number of carbonyl (C=O) groups is 1. The van der Waals surface area contributed by atoms with Gasteiger partial charge in [-0.05, 0) is 30.3 Å². The number of nitrogens with zero attached hydrogens (tertiary/aromatic N) is 4. The van der Waals surface area contributed by atoms with Crippen LogP contribution < -0.4 is 14.4 Å². The van der Waals surface area contributed by atoms with Gasteiger partial charge in [0, 0.05) is 51.2 Å². The van der Waals surface area contributed by atoms with E-state index in [0.717, 1.165) is 7.05 Å². The molecule has 1 aromatic carbocycles. The Morgan fingerprint density at radius 1 is 1.25 bits per heavy atom. The molecule has 216 valence electrons. The predicted octanol–water partition coefficient (Wildman–Crippen LogP) is 3.20. The molecule has 40 heavy (non-hydrogen) atoms. The first-order chi connectivity index (χ1) is 19.2. The van der Waals surface area contributed by atoms with E-state index in [1.807, 2.05) is 4.72 Å². The Morgan fingerprint density at radius 3 is 2.77 bits per heavy atom. The molecule has 10 nitrogen and oxygen atoms in total. The van der Waals surface area contributed by atoms with Gasteiger partial charge in [-0.15, -0.1) is 0 Å². The minimum absolute atomic E-state index is 0.0159. The van der Waals surface area contributed by atoms with Crippen molar-refractivity contribution in [2.45, 2.75) is 37.6 Å². The number of imidazole rings is 1. The molecule has 0 spiro atoms. The Morgan fingerprint density at radius 2 is 2.02 bits per heavy atom. The number of pyridine rings is 1. The van der Waals surface area contributed by atoms with Crippen molar-refractivity contribution >= 4 is 27.5 Å². The zero-order chi connectivity index (χ0) is 28.4. The van der Waals surface area contributed by atoms with Gasteiger partial charge in [0.2, 0.25) is 0 Å². The van der Waals surface area contributed by atoms with E-state index >= 15 is 0 Å². The number of carbonyl (C=O) groups excluding carboxylic acids is 1. The van der Waals surface area contributed by atoms with Gasteiger partial charge < -0.3 is 14.4 Å². The molecule has 1 N–H and O–H groups in total. The monoisotopic (exact) mass is 581 g/mol. The van der Waals surface area contributed by atoms with Gasteiger partial charge in [0.25, 0.3) is 5.91 Å². The molecule has 2 aliphatic rings. The molecule has 2 unspecified atom stereocenters. The summed E-state index contributed by atoms with van der Waals surface area (Å²) in [7, 11) is -3.13. The third-order valence-electron chi connectivity index (χ3n) is 7.13. The van der Waals surface area contributed by atoms with Crippen molar-refractivity contribution in [2.24, 2.45) is 0 Å². The van der Waals surface area contributed by atoms with Gasteiger partial charge in [-0.1, -0.05) is 0 Å².